The van der Waals surface area contributed by atoms with Gasteiger partial charge in [0.05, 0.1) is 12.6 Å². The van der Waals surface area contributed by atoms with Crippen LogP contribution in [0.25, 0.3) is 0 Å². The third-order valence-electron chi connectivity index (χ3n) is 5.11. The van der Waals surface area contributed by atoms with Gasteiger partial charge in [-0.1, -0.05) is 28.1 Å². The highest BCUT2D eigenvalue weighted by Crippen LogP contribution is 2.34. The molecule has 4 nitrogen and oxygen atoms in total. The quantitative estimate of drug-likeness (QED) is 0.810. The number of nitrogens with one attached hydrogen (secondary N) is 1. The Morgan fingerprint density at radius 3 is 2.88 bits per heavy atom. The Morgan fingerprint density at radius 1 is 1.19 bits per heavy atom. The molecule has 0 saturated carbocycles. The zero-order valence-corrected chi connectivity index (χ0v) is 16.3. The molecule has 2 aliphatic heterocycles. The smallest absolute Gasteiger partial charge is 0.251 e. The number of ether oxygens (including phenoxy) is 1. The molecule has 1 saturated heterocycles. The van der Waals surface area contributed by atoms with Crippen LogP contribution >= 0.6 is 15.9 Å². The number of nitrogens with zero attached hydrogens (tertiary/aromatic N) is 1. The van der Waals surface area contributed by atoms with E-state index in [-0.39, 0.29) is 11.9 Å². The van der Waals surface area contributed by atoms with E-state index in [9.17, 15) is 4.79 Å². The van der Waals surface area contributed by atoms with E-state index in [4.69, 9.17) is 4.74 Å². The Kier molecular flexibility index (Phi) is 5.27. The van der Waals surface area contributed by atoms with Gasteiger partial charge in [0.2, 0.25) is 0 Å². The molecule has 1 N–H and O–H groups in total. The Bertz CT molecular complexity index is 802. The summed E-state index contributed by atoms with van der Waals surface area (Å²) in [6.07, 6.45) is 3.33. The molecule has 2 aromatic rings. The molecule has 4 rings (SSSR count). The minimum atomic E-state index is -0.0222. The van der Waals surface area contributed by atoms with Gasteiger partial charge < -0.3 is 10.1 Å². The third-order valence-corrected chi connectivity index (χ3v) is 5.60. The molecular formula is C21H23BrN2O2. The highest BCUT2D eigenvalue weighted by molar-refractivity contribution is 9.10. The lowest BCUT2D eigenvalue weighted by atomic mass is 10.00. The van der Waals surface area contributed by atoms with Crippen LogP contribution in [0.2, 0.25) is 0 Å². The maximum atomic E-state index is 12.8. The number of fused-ring (bicyclic) bond motifs is 1. The summed E-state index contributed by atoms with van der Waals surface area (Å²) >= 11 is 3.51. The van der Waals surface area contributed by atoms with E-state index in [1.54, 1.807) is 0 Å². The van der Waals surface area contributed by atoms with E-state index in [0.29, 0.717) is 6.61 Å². The van der Waals surface area contributed by atoms with Crippen LogP contribution in [-0.2, 0) is 6.54 Å². The standard InChI is InChI=1S/C21H23BrN2O2/c22-17-6-7-20-18(13-17)19(8-11-26-20)23-21(25)16-5-3-4-15(12-16)14-24-9-1-2-10-24/h3-7,12-13,19H,1-2,8-11,14H2,(H,23,25)/t19-/m1/s1. The number of hydrogen-bond acceptors (Lipinski definition) is 3. The third kappa shape index (κ3) is 3.94. The predicted molar refractivity (Wildman–Crippen MR) is 105 cm³/mol. The van der Waals surface area contributed by atoms with E-state index >= 15 is 0 Å². The number of hydrogen-bond donors (Lipinski definition) is 1. The topological polar surface area (TPSA) is 41.6 Å². The highest BCUT2D eigenvalue weighted by atomic mass is 79.9. The normalized spacial score (nSPS) is 19.7. The minimum absolute atomic E-state index is 0.0221. The molecular weight excluding hydrogens is 392 g/mol. The summed E-state index contributed by atoms with van der Waals surface area (Å²) in [5.41, 5.74) is 2.96. The largest absolute Gasteiger partial charge is 0.493 e. The molecule has 136 valence electrons. The molecule has 0 radical (unpaired) electrons. The Hall–Kier alpha value is -1.85. The number of halogens is 1. The molecule has 26 heavy (non-hydrogen) atoms. The van der Waals surface area contributed by atoms with Crippen molar-refractivity contribution in [3.8, 4) is 5.75 Å². The number of carbonyl (C=O) groups is 1. The van der Waals surface area contributed by atoms with E-state index in [1.807, 2.05) is 36.4 Å². The van der Waals surface area contributed by atoms with Crippen molar-refractivity contribution in [3.63, 3.8) is 0 Å². The molecule has 5 heteroatoms. The van der Waals surface area contributed by atoms with E-state index in [2.05, 4.69) is 32.2 Å². The van der Waals surface area contributed by atoms with Gasteiger partial charge in [-0.2, -0.15) is 0 Å². The summed E-state index contributed by atoms with van der Waals surface area (Å²) in [5.74, 6) is 0.832. The van der Waals surface area contributed by atoms with Crippen molar-refractivity contribution < 1.29 is 9.53 Å². The van der Waals surface area contributed by atoms with Gasteiger partial charge in [0, 0.05) is 28.6 Å². The molecule has 1 atom stereocenters. The Labute approximate surface area is 162 Å². The van der Waals surface area contributed by atoms with Crippen LogP contribution in [0.3, 0.4) is 0 Å². The molecule has 2 aliphatic rings. The van der Waals surface area contributed by atoms with Crippen molar-refractivity contribution in [1.82, 2.24) is 10.2 Å². The van der Waals surface area contributed by atoms with Gasteiger partial charge in [-0.05, 0) is 61.8 Å². The molecule has 2 aromatic carbocycles. The summed E-state index contributed by atoms with van der Waals surface area (Å²) in [5, 5.41) is 3.19. The first-order valence-electron chi connectivity index (χ1n) is 9.23. The van der Waals surface area contributed by atoms with E-state index < -0.39 is 0 Å². The van der Waals surface area contributed by atoms with Crippen LogP contribution in [-0.4, -0.2) is 30.5 Å². The van der Waals surface area contributed by atoms with Crippen molar-refractivity contribution >= 4 is 21.8 Å². The van der Waals surface area contributed by atoms with Crippen molar-refractivity contribution in [2.45, 2.75) is 31.8 Å². The number of amides is 1. The van der Waals surface area contributed by atoms with Crippen molar-refractivity contribution in [3.05, 3.63) is 63.6 Å². The summed E-state index contributed by atoms with van der Waals surface area (Å²) in [6, 6.07) is 13.9. The second-order valence-corrected chi connectivity index (χ2v) is 7.94. The molecule has 2 heterocycles. The van der Waals surface area contributed by atoms with Crippen LogP contribution in [0.4, 0.5) is 0 Å². The first-order valence-corrected chi connectivity index (χ1v) is 10.0. The van der Waals surface area contributed by atoms with Crippen LogP contribution in [0.15, 0.2) is 46.9 Å². The average molecular weight is 415 g/mol. The fourth-order valence-corrected chi connectivity index (χ4v) is 4.15. The lowest BCUT2D eigenvalue weighted by Crippen LogP contribution is -2.32. The minimum Gasteiger partial charge on any atom is -0.493 e. The molecule has 0 bridgehead atoms. The second-order valence-electron chi connectivity index (χ2n) is 7.03. The highest BCUT2D eigenvalue weighted by Gasteiger charge is 2.24. The van der Waals surface area contributed by atoms with Crippen LogP contribution < -0.4 is 10.1 Å². The number of rotatable bonds is 4. The zero-order chi connectivity index (χ0) is 17.9. The SMILES string of the molecule is O=C(N[C@@H]1CCOc2ccc(Br)cc21)c1cccc(CN2CCCC2)c1. The van der Waals surface area contributed by atoms with E-state index in [1.165, 1.54) is 18.4 Å². The average Bonchev–Trinajstić information content (AvgIpc) is 3.15. The van der Waals surface area contributed by atoms with Crippen molar-refractivity contribution in [2.75, 3.05) is 19.7 Å². The summed E-state index contributed by atoms with van der Waals surface area (Å²) in [6.45, 7) is 3.86. The lowest BCUT2D eigenvalue weighted by Gasteiger charge is -2.27. The van der Waals surface area contributed by atoms with Gasteiger partial charge in [-0.15, -0.1) is 0 Å². The van der Waals surface area contributed by atoms with Crippen LogP contribution in [0.1, 0.15) is 46.8 Å². The Balaban J connectivity index is 1.48. The van der Waals surface area contributed by atoms with Gasteiger partial charge in [-0.25, -0.2) is 0 Å². The summed E-state index contributed by atoms with van der Waals surface area (Å²) in [4.78, 5) is 15.3. The number of benzene rings is 2. The maximum absolute atomic E-state index is 12.8. The predicted octanol–water partition coefficient (Wildman–Crippen LogP) is 4.30. The van der Waals surface area contributed by atoms with Crippen molar-refractivity contribution in [1.29, 1.82) is 0 Å². The molecule has 1 amide bonds. The van der Waals surface area contributed by atoms with Gasteiger partial charge in [0.1, 0.15) is 5.75 Å². The van der Waals surface area contributed by atoms with Gasteiger partial charge in [-0.3, -0.25) is 9.69 Å². The number of likely N-dealkylation sites (tertiary alicyclic amines) is 1. The summed E-state index contributed by atoms with van der Waals surface area (Å²) in [7, 11) is 0. The molecule has 1 fully saturated rings. The second kappa shape index (κ2) is 7.80. The molecule has 0 aliphatic carbocycles. The monoisotopic (exact) mass is 414 g/mol. The van der Waals surface area contributed by atoms with Gasteiger partial charge in [0.25, 0.3) is 5.91 Å². The van der Waals surface area contributed by atoms with Gasteiger partial charge >= 0.3 is 0 Å². The van der Waals surface area contributed by atoms with Gasteiger partial charge in [0.15, 0.2) is 0 Å². The molecule has 0 unspecified atom stereocenters. The van der Waals surface area contributed by atoms with Crippen LogP contribution in [0, 0.1) is 0 Å². The fraction of sp³-hybridized carbons (Fsp3) is 0.381. The first-order chi connectivity index (χ1) is 12.7. The lowest BCUT2D eigenvalue weighted by molar-refractivity contribution is 0.0924. The Morgan fingerprint density at radius 2 is 2.04 bits per heavy atom. The maximum Gasteiger partial charge on any atom is 0.251 e. The number of carbonyl (C=O) groups excluding carboxylic acids is 1. The van der Waals surface area contributed by atoms with Crippen molar-refractivity contribution in [2.24, 2.45) is 0 Å². The zero-order valence-electron chi connectivity index (χ0n) is 14.7. The fourth-order valence-electron chi connectivity index (χ4n) is 3.77. The molecule has 0 spiro atoms. The van der Waals surface area contributed by atoms with E-state index in [0.717, 1.165) is 47.4 Å². The molecule has 0 aromatic heterocycles. The van der Waals surface area contributed by atoms with Crippen LogP contribution in [0.5, 0.6) is 5.75 Å². The summed E-state index contributed by atoms with van der Waals surface area (Å²) < 4.78 is 6.71. The first kappa shape index (κ1) is 17.6.